The molecule has 68 heavy (non-hydrogen) atoms. The van der Waals surface area contributed by atoms with Gasteiger partial charge in [-0.2, -0.15) is 8.42 Å². The molecule has 4 N–H and O–H groups in total. The molecule has 0 spiro atoms. The number of aliphatic hydroxyl groups is 3. The Bertz CT molecular complexity index is 1730. The summed E-state index contributed by atoms with van der Waals surface area (Å²) in [6, 6.07) is 0. The van der Waals surface area contributed by atoms with E-state index in [0.29, 0.717) is 19.4 Å². The Morgan fingerprint density at radius 3 is 1.35 bits per heavy atom. The molecule has 0 aliphatic carbocycles. The molecule has 1 aliphatic rings. The molecule has 0 aromatic rings. The lowest BCUT2D eigenvalue weighted by atomic mass is 9.99. The van der Waals surface area contributed by atoms with Gasteiger partial charge in [0.2, 0.25) is 0 Å². The van der Waals surface area contributed by atoms with Crippen LogP contribution in [0.5, 0.6) is 0 Å². The van der Waals surface area contributed by atoms with Crippen molar-refractivity contribution in [2.75, 3.05) is 26.4 Å². The Hall–Kier alpha value is -4.02. The van der Waals surface area contributed by atoms with Gasteiger partial charge < -0.3 is 34.3 Å². The van der Waals surface area contributed by atoms with Crippen LogP contribution in [0, 0.1) is 0 Å². The molecule has 0 aromatic carbocycles. The minimum absolute atomic E-state index is 0.0289. The highest BCUT2D eigenvalue weighted by molar-refractivity contribution is 7.80. The third-order valence-electron chi connectivity index (χ3n) is 9.96. The molecule has 0 aromatic heterocycles. The van der Waals surface area contributed by atoms with E-state index in [4.69, 9.17) is 18.9 Å². The zero-order valence-corrected chi connectivity index (χ0v) is 41.7. The first kappa shape index (κ1) is 62.0. The molecule has 12 nitrogen and oxygen atoms in total. The van der Waals surface area contributed by atoms with Crippen LogP contribution < -0.4 is 0 Å². The van der Waals surface area contributed by atoms with Crippen LogP contribution in [0.2, 0.25) is 0 Å². The molecule has 13 heteroatoms. The van der Waals surface area contributed by atoms with Gasteiger partial charge >= 0.3 is 16.4 Å². The molecule has 1 heterocycles. The van der Waals surface area contributed by atoms with Crippen molar-refractivity contribution >= 4 is 16.4 Å². The number of allylic oxidation sites excluding steroid dienone is 24. The summed E-state index contributed by atoms with van der Waals surface area (Å²) >= 11 is 0. The predicted octanol–water partition coefficient (Wildman–Crippen LogP) is 11.3. The molecule has 1 saturated heterocycles. The van der Waals surface area contributed by atoms with Gasteiger partial charge in [0.25, 0.3) is 0 Å². The summed E-state index contributed by atoms with van der Waals surface area (Å²) < 4.78 is 59.0. The van der Waals surface area contributed by atoms with Gasteiger partial charge in [-0.1, -0.05) is 160 Å². The van der Waals surface area contributed by atoms with Crippen molar-refractivity contribution in [1.82, 2.24) is 0 Å². The van der Waals surface area contributed by atoms with E-state index in [2.05, 4.69) is 158 Å². The second kappa shape index (κ2) is 44.2. The van der Waals surface area contributed by atoms with Gasteiger partial charge in [0.05, 0.1) is 19.8 Å². The minimum Gasteiger partial charge on any atom is -0.457 e. The molecule has 382 valence electrons. The molecule has 1 fully saturated rings. The minimum atomic E-state index is -5.09. The summed E-state index contributed by atoms with van der Waals surface area (Å²) in [4.78, 5) is 12.9. The highest BCUT2D eigenvalue weighted by atomic mass is 32.3. The number of aliphatic hydroxyl groups excluding tert-OH is 3. The van der Waals surface area contributed by atoms with Gasteiger partial charge in [0.15, 0.2) is 6.29 Å². The zero-order chi connectivity index (χ0) is 49.6. The molecule has 0 amide bonds. The summed E-state index contributed by atoms with van der Waals surface area (Å²) in [5.74, 6) is -0.479. The van der Waals surface area contributed by atoms with Gasteiger partial charge in [-0.3, -0.25) is 9.35 Å². The first-order valence-corrected chi connectivity index (χ1v) is 26.0. The first-order valence-electron chi connectivity index (χ1n) is 24.6. The molecule has 0 bridgehead atoms. The summed E-state index contributed by atoms with van der Waals surface area (Å²) in [6.45, 7) is 3.54. The second-order valence-electron chi connectivity index (χ2n) is 15.9. The normalized spacial score (nSPS) is 20.6. The van der Waals surface area contributed by atoms with E-state index in [1.807, 2.05) is 6.08 Å². The van der Waals surface area contributed by atoms with Crippen molar-refractivity contribution in [2.24, 2.45) is 0 Å². The maximum atomic E-state index is 12.9. The third kappa shape index (κ3) is 36.9. The Morgan fingerprint density at radius 1 is 0.559 bits per heavy atom. The van der Waals surface area contributed by atoms with Gasteiger partial charge in [-0.25, -0.2) is 4.18 Å². The fourth-order valence-corrected chi connectivity index (χ4v) is 6.84. The van der Waals surface area contributed by atoms with Crippen molar-refractivity contribution in [3.8, 4) is 0 Å². The number of ether oxygens (including phenoxy) is 4. The summed E-state index contributed by atoms with van der Waals surface area (Å²) in [5.41, 5.74) is 0. The quantitative estimate of drug-likeness (QED) is 0.0198. The SMILES string of the molecule is CC/C=C\C/C=C\C/C=C\C/C=C\C/C=C\C/C=C\C/C=C\CCCCOCC(COC1OC(CO)C(O)C(OS(=O)(=O)O)C1O)OC(=O)CCC/C=C\C/C=C\C/C=C\C/C=C\C/C=C\CC. The van der Waals surface area contributed by atoms with Crippen molar-refractivity contribution in [3.63, 3.8) is 0 Å². The van der Waals surface area contributed by atoms with Gasteiger partial charge in [-0.05, 0) is 109 Å². The van der Waals surface area contributed by atoms with Crippen molar-refractivity contribution in [3.05, 3.63) is 146 Å². The molecule has 6 atom stereocenters. The van der Waals surface area contributed by atoms with Crippen LogP contribution in [-0.4, -0.2) is 97.5 Å². The molecule has 0 radical (unpaired) electrons. The van der Waals surface area contributed by atoms with E-state index in [0.717, 1.165) is 96.3 Å². The Kier molecular flexibility index (Phi) is 40.3. The number of esters is 1. The van der Waals surface area contributed by atoms with Crippen LogP contribution in [0.25, 0.3) is 0 Å². The van der Waals surface area contributed by atoms with Gasteiger partial charge in [0, 0.05) is 13.0 Å². The van der Waals surface area contributed by atoms with E-state index in [1.54, 1.807) is 0 Å². The van der Waals surface area contributed by atoms with Crippen molar-refractivity contribution in [2.45, 2.75) is 166 Å². The summed E-state index contributed by atoms with van der Waals surface area (Å²) in [6.07, 6.45) is 57.5. The number of hydrogen-bond acceptors (Lipinski definition) is 11. The molecule has 0 saturated carbocycles. The van der Waals surface area contributed by atoms with Crippen LogP contribution in [-0.2, 0) is 38.3 Å². The molecule has 1 aliphatic heterocycles. The van der Waals surface area contributed by atoms with Crippen molar-refractivity contribution in [1.29, 1.82) is 0 Å². The average molecular weight is 969 g/mol. The number of rotatable bonds is 40. The topological polar surface area (TPSA) is 178 Å². The maximum absolute atomic E-state index is 12.9. The monoisotopic (exact) mass is 969 g/mol. The number of carbonyl (C=O) groups is 1. The van der Waals surface area contributed by atoms with E-state index in [9.17, 15) is 33.1 Å². The largest absolute Gasteiger partial charge is 0.457 e. The van der Waals surface area contributed by atoms with Crippen molar-refractivity contribution < 1.29 is 56.2 Å². The predicted molar refractivity (Wildman–Crippen MR) is 275 cm³/mol. The van der Waals surface area contributed by atoms with E-state index < -0.39 is 59.8 Å². The van der Waals surface area contributed by atoms with Crippen LogP contribution >= 0.6 is 0 Å². The highest BCUT2D eigenvalue weighted by Crippen LogP contribution is 2.26. The number of hydrogen-bond donors (Lipinski definition) is 4. The molecule has 1 rings (SSSR count). The Labute approximate surface area is 409 Å². The standard InChI is InChI=1S/C55H84O12S/c1-3-5-7-9-11-13-15-17-19-21-22-23-24-25-26-27-29-31-33-35-37-39-41-43-45-63-47-49(48-64-55-53(59)54(67-68(60,61)62)52(58)50(46-56)66-55)65-51(57)44-42-40-38-36-34-32-30-28-20-18-16-14-12-10-8-6-4-2/h5-8,11-14,17-20,22-23,25-26,29-32,35-38,49-50,52-56,58-59H,3-4,9-10,15-16,21,24,27-28,33-34,39-48H2,1-2H3,(H,60,61,62)/b7-5-,8-6-,13-11-,14-12-,19-17-,20-18-,23-22-,26-25-,31-29-,32-30-,37-35-,38-36-. The highest BCUT2D eigenvalue weighted by Gasteiger charge is 2.48. The lowest BCUT2D eigenvalue weighted by molar-refractivity contribution is -0.301. The van der Waals surface area contributed by atoms with E-state index in [-0.39, 0.29) is 19.6 Å². The Morgan fingerprint density at radius 2 is 0.956 bits per heavy atom. The lowest BCUT2D eigenvalue weighted by Crippen LogP contribution is -2.60. The molecule has 6 unspecified atom stereocenters. The Balaban J connectivity index is 2.48. The molecular weight excluding hydrogens is 885 g/mol. The van der Waals surface area contributed by atoms with Gasteiger partial charge in [0.1, 0.15) is 30.5 Å². The van der Waals surface area contributed by atoms with Crippen LogP contribution in [0.15, 0.2) is 146 Å². The average Bonchev–Trinajstić information content (AvgIpc) is 3.31. The van der Waals surface area contributed by atoms with Gasteiger partial charge in [-0.15, -0.1) is 0 Å². The van der Waals surface area contributed by atoms with E-state index >= 15 is 0 Å². The number of carbonyl (C=O) groups excluding carboxylic acids is 1. The van der Waals surface area contributed by atoms with Crippen LogP contribution in [0.4, 0.5) is 0 Å². The fraction of sp³-hybridized carbons (Fsp3) is 0.545. The lowest BCUT2D eigenvalue weighted by Gasteiger charge is -2.41. The van der Waals surface area contributed by atoms with Crippen LogP contribution in [0.3, 0.4) is 0 Å². The fourth-order valence-electron chi connectivity index (χ4n) is 6.33. The smallest absolute Gasteiger partial charge is 0.397 e. The summed E-state index contributed by atoms with van der Waals surface area (Å²) in [7, 11) is -5.09. The second-order valence-corrected chi connectivity index (χ2v) is 17.0. The van der Waals surface area contributed by atoms with E-state index in [1.165, 1.54) is 0 Å². The van der Waals surface area contributed by atoms with Crippen LogP contribution in [0.1, 0.15) is 129 Å². The maximum Gasteiger partial charge on any atom is 0.397 e. The first-order chi connectivity index (χ1) is 33.1. The number of unbranched alkanes of at least 4 members (excludes halogenated alkanes) is 3. The zero-order valence-electron chi connectivity index (χ0n) is 40.8. The third-order valence-corrected chi connectivity index (χ3v) is 10.4. The molecular formula is C55H84O12S. The summed E-state index contributed by atoms with van der Waals surface area (Å²) in [5, 5.41) is 30.7.